The number of nitrogens with zero attached hydrogens (tertiary/aromatic N) is 2. The standard InChI is InChI=1S/C15H14F3N3O2/c16-15(17,18)23-13-3-1-2-10(8-13)14(22)20-11-5-7-21-12(9-11)4-6-19-21/h1-4,6,8,11H,5,7,9H2,(H,20,22)/t11-/m1/s1. The van der Waals surface area contributed by atoms with Gasteiger partial charge >= 0.3 is 6.36 Å². The lowest BCUT2D eigenvalue weighted by atomic mass is 10.0. The first-order valence-corrected chi connectivity index (χ1v) is 7.08. The van der Waals surface area contributed by atoms with Crippen LogP contribution in [-0.4, -0.2) is 28.1 Å². The molecular weight excluding hydrogens is 311 g/mol. The van der Waals surface area contributed by atoms with Crippen LogP contribution in [-0.2, 0) is 13.0 Å². The molecule has 0 saturated heterocycles. The lowest BCUT2D eigenvalue weighted by Gasteiger charge is -2.24. The van der Waals surface area contributed by atoms with Gasteiger partial charge in [-0.05, 0) is 30.7 Å². The Balaban J connectivity index is 1.66. The Kier molecular flexibility index (Phi) is 3.97. The van der Waals surface area contributed by atoms with E-state index in [0.29, 0.717) is 13.0 Å². The van der Waals surface area contributed by atoms with Crippen molar-refractivity contribution >= 4 is 5.91 Å². The Bertz CT molecular complexity index is 712. The Hall–Kier alpha value is -2.51. The van der Waals surface area contributed by atoms with Crippen molar-refractivity contribution in [3.8, 4) is 5.75 Å². The molecule has 1 aromatic heterocycles. The summed E-state index contributed by atoms with van der Waals surface area (Å²) >= 11 is 0. The van der Waals surface area contributed by atoms with Crippen LogP contribution in [0, 0.1) is 0 Å². The van der Waals surface area contributed by atoms with Crippen LogP contribution >= 0.6 is 0 Å². The molecule has 0 bridgehead atoms. The van der Waals surface area contributed by atoms with Crippen molar-refractivity contribution < 1.29 is 22.7 Å². The second kappa shape index (κ2) is 5.94. The molecular formula is C15H14F3N3O2. The van der Waals surface area contributed by atoms with Gasteiger partial charge in [-0.25, -0.2) is 0 Å². The van der Waals surface area contributed by atoms with Gasteiger partial charge in [0.25, 0.3) is 5.91 Å². The van der Waals surface area contributed by atoms with Gasteiger partial charge in [0.05, 0.1) is 0 Å². The number of carbonyl (C=O) groups is 1. The first-order chi connectivity index (χ1) is 10.9. The molecule has 1 atom stereocenters. The van der Waals surface area contributed by atoms with E-state index in [1.165, 1.54) is 12.1 Å². The molecule has 122 valence electrons. The molecule has 1 aliphatic heterocycles. The lowest BCUT2D eigenvalue weighted by molar-refractivity contribution is -0.274. The molecule has 8 heteroatoms. The molecule has 1 aliphatic rings. The zero-order valence-corrected chi connectivity index (χ0v) is 12.0. The number of nitrogens with one attached hydrogen (secondary N) is 1. The van der Waals surface area contributed by atoms with Gasteiger partial charge in [0.15, 0.2) is 0 Å². The highest BCUT2D eigenvalue weighted by Crippen LogP contribution is 2.23. The number of hydrogen-bond acceptors (Lipinski definition) is 3. The van der Waals surface area contributed by atoms with Gasteiger partial charge < -0.3 is 10.1 Å². The van der Waals surface area contributed by atoms with Crippen LogP contribution < -0.4 is 10.1 Å². The minimum atomic E-state index is -4.78. The third-order valence-electron chi connectivity index (χ3n) is 3.61. The second-order valence-corrected chi connectivity index (χ2v) is 5.28. The number of amides is 1. The van der Waals surface area contributed by atoms with Crippen molar-refractivity contribution in [3.63, 3.8) is 0 Å². The number of fused-ring (bicyclic) bond motifs is 1. The van der Waals surface area contributed by atoms with E-state index in [1.807, 2.05) is 10.7 Å². The highest BCUT2D eigenvalue weighted by molar-refractivity contribution is 5.94. The summed E-state index contributed by atoms with van der Waals surface area (Å²) in [5.74, 6) is -0.831. The number of benzene rings is 1. The van der Waals surface area contributed by atoms with E-state index in [-0.39, 0.29) is 11.6 Å². The smallest absolute Gasteiger partial charge is 0.406 e. The Morgan fingerprint density at radius 3 is 2.96 bits per heavy atom. The number of hydrogen-bond donors (Lipinski definition) is 1. The Labute approximate surface area is 130 Å². The summed E-state index contributed by atoms with van der Waals surface area (Å²) in [6, 6.07) is 6.85. The molecule has 0 radical (unpaired) electrons. The number of ether oxygens (including phenoxy) is 1. The van der Waals surface area contributed by atoms with Crippen molar-refractivity contribution in [1.82, 2.24) is 15.1 Å². The van der Waals surface area contributed by atoms with Crippen molar-refractivity contribution in [1.29, 1.82) is 0 Å². The van der Waals surface area contributed by atoms with Crippen LogP contribution in [0.4, 0.5) is 13.2 Å². The number of halogens is 3. The molecule has 0 saturated carbocycles. The number of alkyl halides is 3. The quantitative estimate of drug-likeness (QED) is 0.943. The molecule has 23 heavy (non-hydrogen) atoms. The summed E-state index contributed by atoms with van der Waals surface area (Å²) in [6.45, 7) is 0.699. The van der Waals surface area contributed by atoms with Gasteiger partial charge in [0, 0.05) is 36.5 Å². The topological polar surface area (TPSA) is 56.2 Å². The summed E-state index contributed by atoms with van der Waals surface area (Å²) < 4.78 is 42.4. The minimum Gasteiger partial charge on any atom is -0.406 e. The van der Waals surface area contributed by atoms with Gasteiger partial charge in [-0.2, -0.15) is 5.10 Å². The SMILES string of the molecule is O=C(N[C@@H]1CCn2nccc2C1)c1cccc(OC(F)(F)F)c1. The van der Waals surface area contributed by atoms with E-state index in [0.717, 1.165) is 24.2 Å². The van der Waals surface area contributed by atoms with Crippen LogP contribution in [0.1, 0.15) is 22.5 Å². The molecule has 2 heterocycles. The van der Waals surface area contributed by atoms with E-state index in [1.54, 1.807) is 6.20 Å². The summed E-state index contributed by atoms with van der Waals surface area (Å²) in [4.78, 5) is 12.2. The monoisotopic (exact) mass is 325 g/mol. The molecule has 5 nitrogen and oxygen atoms in total. The normalized spacial score (nSPS) is 17.4. The maximum atomic E-state index is 12.2. The van der Waals surface area contributed by atoms with E-state index in [4.69, 9.17) is 0 Å². The Morgan fingerprint density at radius 1 is 1.35 bits per heavy atom. The van der Waals surface area contributed by atoms with Gasteiger partial charge in [0.2, 0.25) is 0 Å². The van der Waals surface area contributed by atoms with Gasteiger partial charge in [0.1, 0.15) is 5.75 Å². The fraction of sp³-hybridized carbons (Fsp3) is 0.333. The fourth-order valence-corrected chi connectivity index (χ4v) is 2.59. The molecule has 0 aliphatic carbocycles. The van der Waals surface area contributed by atoms with Crippen LogP contribution in [0.5, 0.6) is 5.75 Å². The highest BCUT2D eigenvalue weighted by Gasteiger charge is 2.31. The molecule has 2 aromatic rings. The first-order valence-electron chi connectivity index (χ1n) is 7.08. The second-order valence-electron chi connectivity index (χ2n) is 5.28. The van der Waals surface area contributed by atoms with Gasteiger partial charge in [-0.1, -0.05) is 6.07 Å². The molecule has 1 N–H and O–H groups in total. The van der Waals surface area contributed by atoms with Crippen molar-refractivity contribution in [3.05, 3.63) is 47.8 Å². The largest absolute Gasteiger partial charge is 0.573 e. The van der Waals surface area contributed by atoms with Crippen molar-refractivity contribution in [2.45, 2.75) is 31.8 Å². The molecule has 3 rings (SSSR count). The number of rotatable bonds is 3. The number of aryl methyl sites for hydroxylation is 1. The minimum absolute atomic E-state index is 0.0705. The van der Waals surface area contributed by atoms with Crippen molar-refractivity contribution in [2.75, 3.05) is 0 Å². The van der Waals surface area contributed by atoms with Crippen LogP contribution in [0.25, 0.3) is 0 Å². The van der Waals surface area contributed by atoms with Crippen LogP contribution in [0.2, 0.25) is 0 Å². The molecule has 0 spiro atoms. The zero-order valence-electron chi connectivity index (χ0n) is 12.0. The van der Waals surface area contributed by atoms with Crippen LogP contribution in [0.3, 0.4) is 0 Å². The third-order valence-corrected chi connectivity index (χ3v) is 3.61. The van der Waals surface area contributed by atoms with Crippen molar-refractivity contribution in [2.24, 2.45) is 0 Å². The van der Waals surface area contributed by atoms with E-state index >= 15 is 0 Å². The van der Waals surface area contributed by atoms with Crippen LogP contribution in [0.15, 0.2) is 36.5 Å². The average Bonchev–Trinajstić information content (AvgIpc) is 2.93. The molecule has 1 amide bonds. The predicted molar refractivity (Wildman–Crippen MR) is 74.9 cm³/mol. The highest BCUT2D eigenvalue weighted by atomic mass is 19.4. The molecule has 0 fully saturated rings. The maximum absolute atomic E-state index is 12.2. The van der Waals surface area contributed by atoms with Gasteiger partial charge in [-0.3, -0.25) is 9.48 Å². The number of aromatic nitrogens is 2. The fourth-order valence-electron chi connectivity index (χ4n) is 2.59. The summed E-state index contributed by atoms with van der Waals surface area (Å²) in [5, 5.41) is 6.99. The van der Waals surface area contributed by atoms with E-state index in [2.05, 4.69) is 15.2 Å². The lowest BCUT2D eigenvalue weighted by Crippen LogP contribution is -2.40. The Morgan fingerprint density at radius 2 is 2.17 bits per heavy atom. The summed E-state index contributed by atoms with van der Waals surface area (Å²) in [6.07, 6.45) is -1.71. The zero-order chi connectivity index (χ0) is 16.4. The number of carbonyl (C=O) groups excluding carboxylic acids is 1. The van der Waals surface area contributed by atoms with Gasteiger partial charge in [-0.15, -0.1) is 13.2 Å². The predicted octanol–water partition coefficient (Wildman–Crippen LogP) is 2.53. The average molecular weight is 325 g/mol. The molecule has 0 unspecified atom stereocenters. The summed E-state index contributed by atoms with van der Waals surface area (Å²) in [7, 11) is 0. The van der Waals surface area contributed by atoms with E-state index < -0.39 is 18.0 Å². The first kappa shape index (κ1) is 15.4. The molecule has 1 aromatic carbocycles. The van der Waals surface area contributed by atoms with E-state index in [9.17, 15) is 18.0 Å². The maximum Gasteiger partial charge on any atom is 0.573 e. The third kappa shape index (κ3) is 3.82. The summed E-state index contributed by atoms with van der Waals surface area (Å²) in [5.41, 5.74) is 1.15.